The van der Waals surface area contributed by atoms with Crippen LogP contribution in [0.3, 0.4) is 0 Å². The molecule has 0 spiro atoms. The molecule has 0 saturated carbocycles. The van der Waals surface area contributed by atoms with Gasteiger partial charge in [-0.3, -0.25) is 4.79 Å². The molecule has 0 bridgehead atoms. The Kier molecular flexibility index (Phi) is 6.71. The van der Waals surface area contributed by atoms with Gasteiger partial charge in [0.05, 0.1) is 20.3 Å². The lowest BCUT2D eigenvalue weighted by molar-refractivity contribution is -0.148. The van der Waals surface area contributed by atoms with E-state index >= 15 is 0 Å². The van der Waals surface area contributed by atoms with E-state index in [0.717, 1.165) is 24.0 Å². The molecule has 2 heterocycles. The second kappa shape index (κ2) is 9.41. The number of rotatable bonds is 7. The van der Waals surface area contributed by atoms with Crippen molar-refractivity contribution in [3.8, 4) is 11.5 Å². The molecule has 1 saturated heterocycles. The van der Waals surface area contributed by atoms with Crippen LogP contribution in [0.5, 0.6) is 11.5 Å². The molecule has 0 aliphatic carbocycles. The smallest absolute Gasteiger partial charge is 0.331 e. The summed E-state index contributed by atoms with van der Waals surface area (Å²) in [5.74, 6) is 0.667. The largest absolute Gasteiger partial charge is 0.497 e. The van der Waals surface area contributed by atoms with Crippen molar-refractivity contribution in [2.45, 2.75) is 18.9 Å². The predicted molar refractivity (Wildman–Crippen MR) is 108 cm³/mol. The first-order valence-corrected chi connectivity index (χ1v) is 9.95. The van der Waals surface area contributed by atoms with Gasteiger partial charge in [-0.15, -0.1) is 0 Å². The minimum atomic E-state index is -0.533. The molecule has 0 N–H and O–H groups in total. The van der Waals surface area contributed by atoms with Crippen LogP contribution in [0.1, 0.15) is 30.0 Å². The van der Waals surface area contributed by atoms with E-state index in [2.05, 4.69) is 0 Å². The maximum absolute atomic E-state index is 12.7. The van der Waals surface area contributed by atoms with Crippen LogP contribution in [0.4, 0.5) is 0 Å². The fourth-order valence-corrected chi connectivity index (χ4v) is 3.91. The number of likely N-dealkylation sites (tertiary alicyclic amines) is 1. The van der Waals surface area contributed by atoms with Gasteiger partial charge in [0.2, 0.25) is 0 Å². The molecule has 2 aromatic rings. The van der Waals surface area contributed by atoms with E-state index in [1.165, 1.54) is 6.08 Å². The average molecular weight is 401 g/mol. The highest BCUT2D eigenvalue weighted by molar-refractivity contribution is 7.08. The second-order valence-corrected chi connectivity index (χ2v) is 7.13. The number of hydrogen-bond acceptors (Lipinski definition) is 6. The Balaban J connectivity index is 1.64. The van der Waals surface area contributed by atoms with Crippen LogP contribution in [0.15, 0.2) is 41.1 Å². The lowest BCUT2D eigenvalue weighted by Gasteiger charge is -2.26. The van der Waals surface area contributed by atoms with Crippen molar-refractivity contribution < 1.29 is 23.8 Å². The zero-order valence-corrected chi connectivity index (χ0v) is 16.7. The Morgan fingerprint density at radius 2 is 2.11 bits per heavy atom. The molecule has 1 aliphatic rings. The topological polar surface area (TPSA) is 65.1 Å². The molecule has 148 valence electrons. The number of thiophene rings is 1. The zero-order chi connectivity index (χ0) is 19.9. The van der Waals surface area contributed by atoms with Crippen molar-refractivity contribution in [2.24, 2.45) is 0 Å². The van der Waals surface area contributed by atoms with Crippen molar-refractivity contribution in [3.05, 3.63) is 52.2 Å². The van der Waals surface area contributed by atoms with Crippen molar-refractivity contribution >= 4 is 29.3 Å². The van der Waals surface area contributed by atoms with Crippen LogP contribution in [0.25, 0.3) is 6.08 Å². The summed E-state index contributed by atoms with van der Waals surface area (Å²) in [4.78, 5) is 26.3. The molecule has 1 aromatic carbocycles. The van der Waals surface area contributed by atoms with Gasteiger partial charge in [0.15, 0.2) is 6.61 Å². The molecular formula is C21H23NO5S. The number of amides is 1. The Labute approximate surface area is 168 Å². The Bertz CT molecular complexity index is 846. The molecule has 3 rings (SSSR count). The van der Waals surface area contributed by atoms with Crippen LogP contribution < -0.4 is 9.47 Å². The first-order valence-electron chi connectivity index (χ1n) is 9.01. The van der Waals surface area contributed by atoms with E-state index in [9.17, 15) is 9.59 Å². The van der Waals surface area contributed by atoms with E-state index in [4.69, 9.17) is 14.2 Å². The monoisotopic (exact) mass is 401 g/mol. The second-order valence-electron chi connectivity index (χ2n) is 6.35. The third kappa shape index (κ3) is 4.72. The van der Waals surface area contributed by atoms with E-state index in [-0.39, 0.29) is 18.6 Å². The number of benzene rings is 1. The van der Waals surface area contributed by atoms with Crippen molar-refractivity contribution in [1.29, 1.82) is 0 Å². The van der Waals surface area contributed by atoms with Crippen LogP contribution in [0.2, 0.25) is 0 Å². The Morgan fingerprint density at radius 1 is 1.25 bits per heavy atom. The van der Waals surface area contributed by atoms with Crippen molar-refractivity contribution in [2.75, 3.05) is 27.4 Å². The van der Waals surface area contributed by atoms with Gasteiger partial charge in [-0.1, -0.05) is 0 Å². The first kappa shape index (κ1) is 19.9. The summed E-state index contributed by atoms with van der Waals surface area (Å²) < 4.78 is 15.9. The molecule has 1 atom stereocenters. The Morgan fingerprint density at radius 3 is 2.82 bits per heavy atom. The van der Waals surface area contributed by atoms with E-state index in [0.29, 0.717) is 18.0 Å². The van der Waals surface area contributed by atoms with Crippen LogP contribution in [0, 0.1) is 0 Å². The van der Waals surface area contributed by atoms with Crippen LogP contribution >= 0.6 is 11.3 Å². The predicted octanol–water partition coefficient (Wildman–Crippen LogP) is 3.69. The standard InChI is InChI=1S/C21H23NO5S/c1-25-16-6-7-19(26-2)17(12-16)18-4-3-10-22(18)20(23)13-27-21(24)8-5-15-9-11-28-14-15/h5-9,11-12,14,18H,3-4,10,13H2,1-2H3/b8-5+/t18-/m1/s1. The third-order valence-corrected chi connectivity index (χ3v) is 5.36. The summed E-state index contributed by atoms with van der Waals surface area (Å²) in [6, 6.07) is 7.33. The molecule has 28 heavy (non-hydrogen) atoms. The summed E-state index contributed by atoms with van der Waals surface area (Å²) in [6.45, 7) is 0.335. The van der Waals surface area contributed by atoms with Crippen molar-refractivity contribution in [3.63, 3.8) is 0 Å². The molecule has 6 nitrogen and oxygen atoms in total. The minimum absolute atomic E-state index is 0.127. The number of hydrogen-bond donors (Lipinski definition) is 0. The molecular weight excluding hydrogens is 378 g/mol. The molecule has 1 aromatic heterocycles. The SMILES string of the molecule is COc1ccc(OC)c([C@H]2CCCN2C(=O)COC(=O)/C=C/c2ccsc2)c1. The first-order chi connectivity index (χ1) is 13.6. The number of esters is 1. The normalized spacial score (nSPS) is 16.4. The number of carbonyl (C=O) groups is 2. The van der Waals surface area contributed by atoms with Gasteiger partial charge in [0, 0.05) is 18.2 Å². The van der Waals surface area contributed by atoms with Gasteiger partial charge in [0.25, 0.3) is 5.91 Å². The number of ether oxygens (including phenoxy) is 3. The maximum Gasteiger partial charge on any atom is 0.331 e. The number of nitrogens with zero attached hydrogens (tertiary/aromatic N) is 1. The van der Waals surface area contributed by atoms with Gasteiger partial charge < -0.3 is 19.1 Å². The third-order valence-electron chi connectivity index (χ3n) is 4.66. The molecule has 1 aliphatic heterocycles. The summed E-state index contributed by atoms with van der Waals surface area (Å²) in [5, 5.41) is 3.85. The maximum atomic E-state index is 12.7. The van der Waals surface area contributed by atoms with E-state index in [1.807, 2.05) is 35.0 Å². The average Bonchev–Trinajstić information content (AvgIpc) is 3.41. The highest BCUT2D eigenvalue weighted by atomic mass is 32.1. The minimum Gasteiger partial charge on any atom is -0.497 e. The van der Waals surface area contributed by atoms with Gasteiger partial charge in [-0.25, -0.2) is 4.79 Å². The summed E-state index contributed by atoms with van der Waals surface area (Å²) >= 11 is 1.55. The Hall–Kier alpha value is -2.80. The van der Waals surface area contributed by atoms with E-state index < -0.39 is 5.97 Å². The summed E-state index contributed by atoms with van der Waals surface area (Å²) in [5.41, 5.74) is 1.83. The summed E-state index contributed by atoms with van der Waals surface area (Å²) in [7, 11) is 3.21. The molecule has 1 fully saturated rings. The number of carbonyl (C=O) groups excluding carboxylic acids is 2. The van der Waals surface area contributed by atoms with Crippen LogP contribution in [-0.2, 0) is 14.3 Å². The molecule has 1 amide bonds. The fourth-order valence-electron chi connectivity index (χ4n) is 3.29. The fraction of sp³-hybridized carbons (Fsp3) is 0.333. The summed E-state index contributed by atoms with van der Waals surface area (Å²) in [6.07, 6.45) is 4.70. The molecule has 0 unspecified atom stereocenters. The number of methoxy groups -OCH3 is 2. The van der Waals surface area contributed by atoms with Gasteiger partial charge in [0.1, 0.15) is 11.5 Å². The van der Waals surface area contributed by atoms with Gasteiger partial charge in [-0.2, -0.15) is 11.3 Å². The van der Waals surface area contributed by atoms with Crippen LogP contribution in [-0.4, -0.2) is 44.1 Å². The quantitative estimate of drug-likeness (QED) is 0.523. The van der Waals surface area contributed by atoms with Gasteiger partial charge >= 0.3 is 5.97 Å². The molecule has 0 radical (unpaired) electrons. The lowest BCUT2D eigenvalue weighted by atomic mass is 10.0. The highest BCUT2D eigenvalue weighted by Gasteiger charge is 2.32. The van der Waals surface area contributed by atoms with E-state index in [1.54, 1.807) is 36.5 Å². The molecule has 7 heteroatoms. The highest BCUT2D eigenvalue weighted by Crippen LogP contribution is 2.38. The zero-order valence-electron chi connectivity index (χ0n) is 15.9. The van der Waals surface area contributed by atoms with Crippen molar-refractivity contribution in [1.82, 2.24) is 4.90 Å². The lowest BCUT2D eigenvalue weighted by Crippen LogP contribution is -2.34. The van der Waals surface area contributed by atoms with Gasteiger partial charge in [-0.05, 0) is 59.5 Å².